The number of fused-ring (bicyclic) bond motifs is 2. The zero-order valence-electron chi connectivity index (χ0n) is 6.41. The van der Waals surface area contributed by atoms with Crippen molar-refractivity contribution in [3.05, 3.63) is 5.92 Å². The number of hydrogen-bond donors (Lipinski definition) is 0. The number of rotatable bonds is 0. The Bertz CT molecular complexity index is 124. The highest BCUT2D eigenvalue weighted by Gasteiger charge is 2.44. The van der Waals surface area contributed by atoms with Gasteiger partial charge in [0.1, 0.15) is 0 Å². The zero-order valence-corrected chi connectivity index (χ0v) is 6.41. The minimum absolute atomic E-state index is 0.674. The molecular formula is C9H15. The maximum atomic E-state index is 2.42. The summed E-state index contributed by atoms with van der Waals surface area (Å²) in [5, 5.41) is 0. The van der Waals surface area contributed by atoms with Crippen LogP contribution in [0.25, 0.3) is 0 Å². The van der Waals surface area contributed by atoms with Crippen LogP contribution >= 0.6 is 0 Å². The molecule has 51 valence electrons. The molecule has 0 aromatic heterocycles. The van der Waals surface area contributed by atoms with E-state index in [9.17, 15) is 0 Å². The summed E-state index contributed by atoms with van der Waals surface area (Å²) in [7, 11) is 0. The van der Waals surface area contributed by atoms with Gasteiger partial charge in [0.05, 0.1) is 0 Å². The highest BCUT2D eigenvalue weighted by atomic mass is 14.5. The van der Waals surface area contributed by atoms with Gasteiger partial charge in [0.2, 0.25) is 0 Å². The van der Waals surface area contributed by atoms with Crippen molar-refractivity contribution in [1.82, 2.24) is 0 Å². The first-order valence-electron chi connectivity index (χ1n) is 4.02. The van der Waals surface area contributed by atoms with Crippen molar-refractivity contribution in [3.8, 4) is 0 Å². The number of hydrogen-bond acceptors (Lipinski definition) is 0. The van der Waals surface area contributed by atoms with Gasteiger partial charge in [-0.25, -0.2) is 0 Å². The van der Waals surface area contributed by atoms with Gasteiger partial charge in [0.15, 0.2) is 0 Å². The van der Waals surface area contributed by atoms with E-state index in [4.69, 9.17) is 0 Å². The van der Waals surface area contributed by atoms with Gasteiger partial charge in [0.25, 0.3) is 0 Å². The van der Waals surface area contributed by atoms with Crippen molar-refractivity contribution in [1.29, 1.82) is 0 Å². The molecule has 0 heteroatoms. The third-order valence-electron chi connectivity index (χ3n) is 3.19. The van der Waals surface area contributed by atoms with Gasteiger partial charge >= 0.3 is 0 Å². The standard InChI is InChI=1S/C9H15/c1-9(2)6-7-3-4-8(9)5-7/h8H,3-6H2,1-2H3. The molecule has 1 radical (unpaired) electrons. The first-order valence-corrected chi connectivity index (χ1v) is 4.02. The molecule has 0 nitrogen and oxygen atoms in total. The van der Waals surface area contributed by atoms with Crippen molar-refractivity contribution >= 4 is 0 Å². The van der Waals surface area contributed by atoms with E-state index in [0.717, 1.165) is 5.92 Å². The Labute approximate surface area is 57.6 Å². The van der Waals surface area contributed by atoms with Crippen LogP contribution in [0, 0.1) is 17.3 Å². The second kappa shape index (κ2) is 1.53. The van der Waals surface area contributed by atoms with Crippen LogP contribution in [0.4, 0.5) is 0 Å². The Morgan fingerprint density at radius 3 is 2.44 bits per heavy atom. The molecule has 1 atom stereocenters. The van der Waals surface area contributed by atoms with Crippen LogP contribution in [0.5, 0.6) is 0 Å². The molecule has 2 fully saturated rings. The summed E-state index contributed by atoms with van der Waals surface area (Å²) >= 11 is 0. The van der Waals surface area contributed by atoms with E-state index < -0.39 is 0 Å². The summed E-state index contributed by atoms with van der Waals surface area (Å²) < 4.78 is 0. The zero-order chi connectivity index (χ0) is 6.48. The maximum absolute atomic E-state index is 2.42. The van der Waals surface area contributed by atoms with Crippen molar-refractivity contribution in [2.75, 3.05) is 0 Å². The molecule has 0 aliphatic heterocycles. The lowest BCUT2D eigenvalue weighted by atomic mass is 9.77. The third-order valence-corrected chi connectivity index (χ3v) is 3.19. The van der Waals surface area contributed by atoms with Crippen LogP contribution in [0.15, 0.2) is 0 Å². The summed E-state index contributed by atoms with van der Waals surface area (Å²) in [5.74, 6) is 2.90. The fourth-order valence-electron chi connectivity index (χ4n) is 2.55. The molecular weight excluding hydrogens is 108 g/mol. The SMILES string of the molecule is CC1(C)C[C]2CCC1C2. The van der Waals surface area contributed by atoms with Gasteiger partial charge < -0.3 is 0 Å². The summed E-state index contributed by atoms with van der Waals surface area (Å²) in [6.07, 6.45) is 5.83. The normalized spacial score (nSPS) is 40.0. The van der Waals surface area contributed by atoms with Crippen LogP contribution < -0.4 is 0 Å². The van der Waals surface area contributed by atoms with E-state index in [1.165, 1.54) is 25.7 Å². The second-order valence-electron chi connectivity index (χ2n) is 4.36. The van der Waals surface area contributed by atoms with Gasteiger partial charge in [-0.15, -0.1) is 0 Å². The molecule has 2 aliphatic rings. The molecule has 9 heavy (non-hydrogen) atoms. The molecule has 0 aromatic rings. The largest absolute Gasteiger partial charge is 0.0596 e. The lowest BCUT2D eigenvalue weighted by Crippen LogP contribution is -2.18. The molecule has 2 rings (SSSR count). The Kier molecular flexibility index (Phi) is 0.980. The van der Waals surface area contributed by atoms with Crippen molar-refractivity contribution < 1.29 is 0 Å². The van der Waals surface area contributed by atoms with Crippen LogP contribution in [0.2, 0.25) is 0 Å². The fourth-order valence-corrected chi connectivity index (χ4v) is 2.55. The van der Waals surface area contributed by atoms with Crippen LogP contribution in [-0.4, -0.2) is 0 Å². The van der Waals surface area contributed by atoms with Gasteiger partial charge in [-0.2, -0.15) is 0 Å². The van der Waals surface area contributed by atoms with Gasteiger partial charge in [0, 0.05) is 0 Å². The fraction of sp³-hybridized carbons (Fsp3) is 0.889. The minimum atomic E-state index is 0.674. The monoisotopic (exact) mass is 123 g/mol. The van der Waals surface area contributed by atoms with E-state index in [1.54, 1.807) is 0 Å². The van der Waals surface area contributed by atoms with E-state index in [1.807, 2.05) is 5.92 Å². The summed E-state index contributed by atoms with van der Waals surface area (Å²) in [4.78, 5) is 0. The summed E-state index contributed by atoms with van der Waals surface area (Å²) in [6, 6.07) is 0. The van der Waals surface area contributed by atoms with Crippen molar-refractivity contribution in [2.24, 2.45) is 11.3 Å². The van der Waals surface area contributed by atoms with Gasteiger partial charge in [-0.3, -0.25) is 0 Å². The Hall–Kier alpha value is 0. The first kappa shape index (κ1) is 5.76. The van der Waals surface area contributed by atoms with Crippen LogP contribution in [0.1, 0.15) is 39.5 Å². The first-order chi connectivity index (χ1) is 4.18. The molecule has 0 heterocycles. The van der Waals surface area contributed by atoms with E-state index in [0.29, 0.717) is 5.41 Å². The smallest absolute Gasteiger partial charge is 0.0233 e. The van der Waals surface area contributed by atoms with Crippen LogP contribution in [-0.2, 0) is 0 Å². The van der Waals surface area contributed by atoms with Crippen molar-refractivity contribution in [2.45, 2.75) is 39.5 Å². The highest BCUT2D eigenvalue weighted by molar-refractivity contribution is 5.11. The lowest BCUT2D eigenvalue weighted by Gasteiger charge is -2.28. The average molecular weight is 123 g/mol. The Morgan fingerprint density at radius 2 is 2.22 bits per heavy atom. The molecule has 2 bridgehead atoms. The molecule has 0 spiro atoms. The predicted octanol–water partition coefficient (Wildman–Crippen LogP) is 2.79. The quantitative estimate of drug-likeness (QED) is 0.464. The van der Waals surface area contributed by atoms with Crippen molar-refractivity contribution in [3.63, 3.8) is 0 Å². The molecule has 1 unspecified atom stereocenters. The predicted molar refractivity (Wildman–Crippen MR) is 39.0 cm³/mol. The van der Waals surface area contributed by atoms with Crippen LogP contribution in [0.3, 0.4) is 0 Å². The molecule has 2 aliphatic carbocycles. The third kappa shape index (κ3) is 0.720. The van der Waals surface area contributed by atoms with E-state index in [2.05, 4.69) is 13.8 Å². The lowest BCUT2D eigenvalue weighted by molar-refractivity contribution is 0.236. The van der Waals surface area contributed by atoms with Gasteiger partial charge in [-0.05, 0) is 42.9 Å². The summed E-state index contributed by atoms with van der Waals surface area (Å²) in [6.45, 7) is 4.84. The maximum Gasteiger partial charge on any atom is -0.0233 e. The molecule has 0 N–H and O–H groups in total. The Morgan fingerprint density at radius 1 is 1.44 bits per heavy atom. The molecule has 2 saturated carbocycles. The van der Waals surface area contributed by atoms with E-state index in [-0.39, 0.29) is 0 Å². The Balaban J connectivity index is 2.18. The molecule has 0 aromatic carbocycles. The summed E-state index contributed by atoms with van der Waals surface area (Å²) in [5.41, 5.74) is 0.674. The molecule has 0 amide bonds. The topological polar surface area (TPSA) is 0 Å². The highest BCUT2D eigenvalue weighted by Crippen LogP contribution is 2.56. The average Bonchev–Trinajstić information content (AvgIpc) is 2.19. The van der Waals surface area contributed by atoms with E-state index >= 15 is 0 Å². The van der Waals surface area contributed by atoms with Gasteiger partial charge in [-0.1, -0.05) is 13.8 Å². The minimum Gasteiger partial charge on any atom is -0.0596 e. The molecule has 0 saturated heterocycles. The second-order valence-corrected chi connectivity index (χ2v) is 4.36.